The summed E-state index contributed by atoms with van der Waals surface area (Å²) in [6.07, 6.45) is 9.34. The number of aryl methyl sites for hydroxylation is 1. The van der Waals surface area contributed by atoms with Crippen molar-refractivity contribution >= 4 is 34.9 Å². The lowest BCUT2D eigenvalue weighted by Crippen LogP contribution is -2.25. The summed E-state index contributed by atoms with van der Waals surface area (Å²) in [5.41, 5.74) is 8.26. The predicted octanol–water partition coefficient (Wildman–Crippen LogP) is 2.61. The van der Waals surface area contributed by atoms with Crippen LogP contribution in [0.15, 0.2) is 44.2 Å². The van der Waals surface area contributed by atoms with Crippen LogP contribution in [-0.4, -0.2) is 53.5 Å². The molecule has 0 radical (unpaired) electrons. The number of carbonyl (C=O) groups excluding carboxylic acids is 1. The predicted molar refractivity (Wildman–Crippen MR) is 136 cm³/mol. The van der Waals surface area contributed by atoms with Gasteiger partial charge in [-0.1, -0.05) is 6.08 Å². The Morgan fingerprint density at radius 1 is 1.24 bits per heavy atom. The van der Waals surface area contributed by atoms with Crippen LogP contribution in [0.1, 0.15) is 39.0 Å². The highest BCUT2D eigenvalue weighted by Crippen LogP contribution is 2.32. The lowest BCUT2D eigenvalue weighted by molar-refractivity contribution is -0.137. The van der Waals surface area contributed by atoms with Crippen molar-refractivity contribution in [3.05, 3.63) is 40.5 Å². The fourth-order valence-corrected chi connectivity index (χ4v) is 4.73. The average molecular weight is 505 g/mol. The van der Waals surface area contributed by atoms with Gasteiger partial charge in [-0.3, -0.25) is 14.1 Å². The minimum Gasteiger partial charge on any atom is -0.462 e. The molecule has 0 spiro atoms. The zero-order valence-electron chi connectivity index (χ0n) is 20.5. The molecule has 0 amide bonds. The van der Waals surface area contributed by atoms with E-state index in [4.69, 9.17) is 14.9 Å². The van der Waals surface area contributed by atoms with Crippen molar-refractivity contribution in [2.45, 2.75) is 58.2 Å². The molecule has 0 saturated heterocycles. The van der Waals surface area contributed by atoms with Crippen LogP contribution in [0.4, 0.5) is 5.95 Å². The van der Waals surface area contributed by atoms with E-state index in [1.165, 1.54) is 4.52 Å². The normalized spacial score (nSPS) is 17.5. The number of furan rings is 1. The molecule has 37 heavy (non-hydrogen) atoms. The van der Waals surface area contributed by atoms with Crippen molar-refractivity contribution in [3.63, 3.8) is 0 Å². The zero-order chi connectivity index (χ0) is 25.5. The van der Waals surface area contributed by atoms with Crippen molar-refractivity contribution in [2.75, 3.05) is 12.3 Å². The van der Waals surface area contributed by atoms with Gasteiger partial charge >= 0.3 is 11.7 Å². The van der Waals surface area contributed by atoms with E-state index in [0.717, 1.165) is 19.3 Å². The number of esters is 1. The quantitative estimate of drug-likeness (QED) is 0.342. The Balaban J connectivity index is 1.29. The lowest BCUT2D eigenvalue weighted by atomic mass is 10.0. The summed E-state index contributed by atoms with van der Waals surface area (Å²) in [7, 11) is 0. The second-order valence-electron chi connectivity index (χ2n) is 9.47. The fourth-order valence-electron chi connectivity index (χ4n) is 4.73. The first-order valence-corrected chi connectivity index (χ1v) is 12.6. The summed E-state index contributed by atoms with van der Waals surface area (Å²) in [5, 5.41) is 4.48. The molecule has 12 heteroatoms. The number of hydrogen-bond donors (Lipinski definition) is 1. The number of carbonyl (C=O) groups is 1. The summed E-state index contributed by atoms with van der Waals surface area (Å²) in [6.45, 7) is 3.19. The molecule has 1 unspecified atom stereocenters. The Morgan fingerprint density at radius 3 is 2.81 bits per heavy atom. The SMILES string of the molecule is CCOC(=O)C1=CCC(CCCn2c(=O)n(CC3CC3)c3c2nc(N)n2nc(-c4ccco4)nc32)N=C1. The van der Waals surface area contributed by atoms with Gasteiger partial charge in [0.05, 0.1) is 24.5 Å². The van der Waals surface area contributed by atoms with E-state index in [-0.39, 0.29) is 23.6 Å². The molecule has 1 saturated carbocycles. The number of rotatable bonds is 9. The summed E-state index contributed by atoms with van der Waals surface area (Å²) < 4.78 is 15.4. The maximum Gasteiger partial charge on any atom is 0.339 e. The molecule has 6 rings (SSSR count). The maximum absolute atomic E-state index is 13.6. The van der Waals surface area contributed by atoms with Crippen LogP contribution in [0, 0.1) is 5.92 Å². The fraction of sp³-hybridized carbons (Fsp3) is 0.440. The molecule has 1 aliphatic carbocycles. The van der Waals surface area contributed by atoms with Crippen LogP contribution in [0.2, 0.25) is 0 Å². The number of nitrogens with zero attached hydrogens (tertiary/aromatic N) is 7. The molecule has 0 aromatic carbocycles. The van der Waals surface area contributed by atoms with E-state index in [1.54, 1.807) is 40.7 Å². The van der Waals surface area contributed by atoms with Crippen LogP contribution < -0.4 is 11.4 Å². The van der Waals surface area contributed by atoms with Gasteiger partial charge in [-0.05, 0) is 57.1 Å². The second kappa shape index (κ2) is 9.34. The van der Waals surface area contributed by atoms with Gasteiger partial charge in [0.25, 0.3) is 0 Å². The number of imidazole rings is 1. The van der Waals surface area contributed by atoms with Crippen LogP contribution in [0.25, 0.3) is 28.4 Å². The Bertz CT molecular complexity index is 1590. The highest BCUT2D eigenvalue weighted by atomic mass is 16.5. The first-order chi connectivity index (χ1) is 18.0. The van der Waals surface area contributed by atoms with Gasteiger partial charge in [-0.2, -0.15) is 9.50 Å². The number of anilines is 1. The monoisotopic (exact) mass is 504 g/mol. The summed E-state index contributed by atoms with van der Waals surface area (Å²) in [6, 6.07) is 3.59. The van der Waals surface area contributed by atoms with Gasteiger partial charge in [-0.15, -0.1) is 5.10 Å². The molecule has 1 atom stereocenters. The van der Waals surface area contributed by atoms with Gasteiger partial charge in [0.2, 0.25) is 11.8 Å². The first kappa shape index (κ1) is 23.2. The molecule has 192 valence electrons. The Kier molecular flexibility index (Phi) is 5.85. The number of ether oxygens (including phenoxy) is 1. The van der Waals surface area contributed by atoms with Gasteiger partial charge in [0.1, 0.15) is 5.52 Å². The number of hydrogen-bond acceptors (Lipinski definition) is 9. The highest BCUT2D eigenvalue weighted by Gasteiger charge is 2.28. The first-order valence-electron chi connectivity index (χ1n) is 12.6. The highest BCUT2D eigenvalue weighted by molar-refractivity contribution is 6.09. The van der Waals surface area contributed by atoms with E-state index in [9.17, 15) is 9.59 Å². The number of nitrogens with two attached hydrogens (primary N) is 1. The van der Waals surface area contributed by atoms with Gasteiger partial charge in [-0.25, -0.2) is 14.6 Å². The maximum atomic E-state index is 13.6. The van der Waals surface area contributed by atoms with Crippen LogP contribution in [0.5, 0.6) is 0 Å². The molecule has 4 aromatic rings. The molecular weight excluding hydrogens is 476 g/mol. The van der Waals surface area contributed by atoms with Crippen LogP contribution >= 0.6 is 0 Å². The molecule has 0 bridgehead atoms. The van der Waals surface area contributed by atoms with E-state index in [2.05, 4.69) is 20.1 Å². The van der Waals surface area contributed by atoms with Crippen molar-refractivity contribution < 1.29 is 13.9 Å². The molecule has 1 fully saturated rings. The van der Waals surface area contributed by atoms with E-state index in [0.29, 0.717) is 72.4 Å². The molecular formula is C25H28N8O4. The van der Waals surface area contributed by atoms with Crippen molar-refractivity contribution in [3.8, 4) is 11.6 Å². The van der Waals surface area contributed by atoms with Gasteiger partial charge in [0.15, 0.2) is 17.1 Å². The summed E-state index contributed by atoms with van der Waals surface area (Å²) in [5.74, 6) is 1.17. The molecule has 12 nitrogen and oxygen atoms in total. The van der Waals surface area contributed by atoms with E-state index in [1.807, 2.05) is 6.08 Å². The van der Waals surface area contributed by atoms with Gasteiger partial charge in [0, 0.05) is 19.3 Å². The average Bonchev–Trinajstić information content (AvgIpc) is 3.27. The molecule has 2 N–H and O–H groups in total. The minimum atomic E-state index is -0.349. The van der Waals surface area contributed by atoms with Gasteiger partial charge < -0.3 is 14.9 Å². The van der Waals surface area contributed by atoms with Crippen molar-refractivity contribution in [1.29, 1.82) is 0 Å². The molecule has 2 aliphatic rings. The zero-order valence-corrected chi connectivity index (χ0v) is 20.5. The minimum absolute atomic E-state index is 0.0470. The molecule has 1 aliphatic heterocycles. The summed E-state index contributed by atoms with van der Waals surface area (Å²) >= 11 is 0. The number of dihydropyridines is 1. The third-order valence-corrected chi connectivity index (χ3v) is 6.80. The lowest BCUT2D eigenvalue weighted by Gasteiger charge is -2.15. The van der Waals surface area contributed by atoms with Crippen molar-refractivity contribution in [2.24, 2.45) is 10.9 Å². The number of nitrogen functional groups attached to an aromatic ring is 1. The third-order valence-electron chi connectivity index (χ3n) is 6.80. The number of fused-ring (bicyclic) bond motifs is 3. The third kappa shape index (κ3) is 4.32. The Morgan fingerprint density at radius 2 is 2.11 bits per heavy atom. The van der Waals surface area contributed by atoms with Crippen molar-refractivity contribution in [1.82, 2.24) is 28.7 Å². The smallest absolute Gasteiger partial charge is 0.339 e. The Labute approximate surface area is 211 Å². The summed E-state index contributed by atoms with van der Waals surface area (Å²) in [4.78, 5) is 39.2. The topological polar surface area (TPSA) is 148 Å². The molecule has 4 aromatic heterocycles. The van der Waals surface area contributed by atoms with E-state index >= 15 is 0 Å². The van der Waals surface area contributed by atoms with Crippen LogP contribution in [-0.2, 0) is 22.6 Å². The second-order valence-corrected chi connectivity index (χ2v) is 9.47. The standard InChI is InChI=1S/C25H28N8O4/c1-2-36-23(34)16-9-10-17(27-13-16)5-3-11-31-21-19(32(25(31)35)14-15-7-8-15)22-28-20(18-6-4-12-37-18)30-33(22)24(26)29-21/h4,6,9,12-13,15,17H,2-3,5,7-8,10-11,14H2,1H3,(H2,26,29). The number of aromatic nitrogens is 6. The molecule has 5 heterocycles. The van der Waals surface area contributed by atoms with E-state index < -0.39 is 0 Å². The number of aliphatic imine (C=N–C) groups is 1. The largest absolute Gasteiger partial charge is 0.462 e. The Hall–Kier alpha value is -4.22. The van der Waals surface area contributed by atoms with Crippen LogP contribution in [0.3, 0.4) is 0 Å².